The Labute approximate surface area is 155 Å². The van der Waals surface area contributed by atoms with Crippen molar-refractivity contribution in [3.05, 3.63) is 17.5 Å². The first-order valence-electron chi connectivity index (χ1n) is 9.23. The highest BCUT2D eigenvalue weighted by molar-refractivity contribution is 7.14. The van der Waals surface area contributed by atoms with Crippen LogP contribution in [0.1, 0.15) is 19.8 Å². The van der Waals surface area contributed by atoms with Crippen LogP contribution >= 0.6 is 11.3 Å². The van der Waals surface area contributed by atoms with Crippen LogP contribution in [-0.2, 0) is 9.47 Å². The van der Waals surface area contributed by atoms with Crippen LogP contribution in [0.4, 0.5) is 5.00 Å². The first kappa shape index (κ1) is 20.0. The van der Waals surface area contributed by atoms with Gasteiger partial charge in [-0.05, 0) is 37.3 Å². The minimum Gasteiger partial charge on any atom is -0.382 e. The van der Waals surface area contributed by atoms with E-state index in [0.29, 0.717) is 13.2 Å². The zero-order valence-corrected chi connectivity index (χ0v) is 16.4. The van der Waals surface area contributed by atoms with Crippen molar-refractivity contribution >= 4 is 22.3 Å². The molecule has 0 spiro atoms. The molecule has 0 atom stereocenters. The van der Waals surface area contributed by atoms with Crippen LogP contribution in [0.3, 0.4) is 0 Å². The molecule has 1 N–H and O–H groups in total. The zero-order chi connectivity index (χ0) is 17.7. The van der Waals surface area contributed by atoms with Crippen LogP contribution in [0.25, 0.3) is 0 Å². The summed E-state index contributed by atoms with van der Waals surface area (Å²) in [5.74, 6) is 1.05. The number of anilines is 1. The van der Waals surface area contributed by atoms with Gasteiger partial charge in [-0.3, -0.25) is 4.99 Å². The maximum absolute atomic E-state index is 5.49. The average Bonchev–Trinajstić information content (AvgIpc) is 3.18. The van der Waals surface area contributed by atoms with E-state index < -0.39 is 0 Å². The fourth-order valence-electron chi connectivity index (χ4n) is 2.76. The van der Waals surface area contributed by atoms with E-state index in [4.69, 9.17) is 14.5 Å². The summed E-state index contributed by atoms with van der Waals surface area (Å²) in [6.45, 7) is 10.2. The Hall–Kier alpha value is -1.31. The highest BCUT2D eigenvalue weighted by Crippen LogP contribution is 2.22. The minimum atomic E-state index is 0.667. The SMILES string of the molecule is CCNC(=NCCCCOCCOC)N1CCN(c2cccs2)CC1. The predicted octanol–water partition coefficient (Wildman–Crippen LogP) is 2.28. The second-order valence-corrected chi connectivity index (χ2v) is 6.90. The van der Waals surface area contributed by atoms with Crippen LogP contribution in [0.5, 0.6) is 0 Å². The lowest BCUT2D eigenvalue weighted by Gasteiger charge is -2.37. The lowest BCUT2D eigenvalue weighted by atomic mass is 10.3. The van der Waals surface area contributed by atoms with Crippen LogP contribution in [0, 0.1) is 0 Å². The van der Waals surface area contributed by atoms with Gasteiger partial charge in [-0.15, -0.1) is 11.3 Å². The molecule has 2 rings (SSSR count). The van der Waals surface area contributed by atoms with E-state index in [1.165, 1.54) is 5.00 Å². The van der Waals surface area contributed by atoms with Gasteiger partial charge in [-0.1, -0.05) is 0 Å². The molecule has 7 heteroatoms. The largest absolute Gasteiger partial charge is 0.382 e. The third kappa shape index (κ3) is 7.22. The molecule has 0 unspecified atom stereocenters. The summed E-state index contributed by atoms with van der Waals surface area (Å²) < 4.78 is 10.5. The van der Waals surface area contributed by atoms with Crippen molar-refractivity contribution in [2.24, 2.45) is 4.99 Å². The molecule has 0 radical (unpaired) electrons. The van der Waals surface area contributed by atoms with Gasteiger partial charge in [-0.2, -0.15) is 0 Å². The van der Waals surface area contributed by atoms with Crippen molar-refractivity contribution in [2.45, 2.75) is 19.8 Å². The molecule has 1 aliphatic heterocycles. The lowest BCUT2D eigenvalue weighted by molar-refractivity contribution is 0.0690. The van der Waals surface area contributed by atoms with Gasteiger partial charge in [0.15, 0.2) is 5.96 Å². The fourth-order valence-corrected chi connectivity index (χ4v) is 3.54. The number of thiophene rings is 1. The highest BCUT2D eigenvalue weighted by atomic mass is 32.1. The van der Waals surface area contributed by atoms with E-state index in [9.17, 15) is 0 Å². The average molecular weight is 369 g/mol. The number of piperazine rings is 1. The number of unbranched alkanes of at least 4 members (excludes halogenated alkanes) is 1. The maximum atomic E-state index is 5.49. The van der Waals surface area contributed by atoms with E-state index in [-0.39, 0.29) is 0 Å². The van der Waals surface area contributed by atoms with Crippen LogP contribution in [0.2, 0.25) is 0 Å². The van der Waals surface area contributed by atoms with E-state index >= 15 is 0 Å². The van der Waals surface area contributed by atoms with E-state index in [1.54, 1.807) is 7.11 Å². The van der Waals surface area contributed by atoms with Crippen molar-refractivity contribution in [1.29, 1.82) is 0 Å². The Morgan fingerprint density at radius 2 is 2.04 bits per heavy atom. The molecule has 0 amide bonds. The molecule has 0 saturated carbocycles. The Morgan fingerprint density at radius 1 is 1.20 bits per heavy atom. The molecular formula is C18H32N4O2S. The fraction of sp³-hybridized carbons (Fsp3) is 0.722. The Balaban J connectivity index is 1.69. The van der Waals surface area contributed by atoms with E-state index in [0.717, 1.165) is 64.7 Å². The van der Waals surface area contributed by atoms with Crippen molar-refractivity contribution in [3.8, 4) is 0 Å². The molecule has 2 heterocycles. The Kier molecular flexibility index (Phi) is 9.69. The standard InChI is InChI=1S/C18H32N4O2S/c1-3-19-18(20-8-4-5-13-24-15-14-23-2)22-11-9-21(10-12-22)17-7-6-16-25-17/h6-7,16H,3-5,8-15H2,1-2H3,(H,19,20). The highest BCUT2D eigenvalue weighted by Gasteiger charge is 2.20. The second kappa shape index (κ2) is 12.1. The summed E-state index contributed by atoms with van der Waals surface area (Å²) in [6, 6.07) is 4.32. The molecule has 0 aromatic carbocycles. The van der Waals surface area contributed by atoms with Crippen molar-refractivity contribution in [1.82, 2.24) is 10.2 Å². The quantitative estimate of drug-likeness (QED) is 0.390. The number of hydrogen-bond acceptors (Lipinski definition) is 5. The third-order valence-corrected chi connectivity index (χ3v) is 5.05. The molecule has 1 saturated heterocycles. The summed E-state index contributed by atoms with van der Waals surface area (Å²) in [5.41, 5.74) is 0. The molecular weight excluding hydrogens is 336 g/mol. The number of rotatable bonds is 10. The van der Waals surface area contributed by atoms with Gasteiger partial charge in [0.1, 0.15) is 0 Å². The van der Waals surface area contributed by atoms with E-state index in [2.05, 4.69) is 39.6 Å². The minimum absolute atomic E-state index is 0.667. The number of ether oxygens (including phenoxy) is 2. The van der Waals surface area contributed by atoms with Crippen molar-refractivity contribution in [2.75, 3.05) is 71.1 Å². The number of methoxy groups -OCH3 is 1. The monoisotopic (exact) mass is 368 g/mol. The normalized spacial score (nSPS) is 15.7. The summed E-state index contributed by atoms with van der Waals surface area (Å²) >= 11 is 1.82. The van der Waals surface area contributed by atoms with Crippen LogP contribution in [0.15, 0.2) is 22.5 Å². The molecule has 142 valence electrons. The number of nitrogens with zero attached hydrogens (tertiary/aromatic N) is 3. The van der Waals surface area contributed by atoms with Gasteiger partial charge in [0, 0.05) is 53.0 Å². The number of aliphatic imine (C=N–C) groups is 1. The number of hydrogen-bond donors (Lipinski definition) is 1. The van der Waals surface area contributed by atoms with Crippen molar-refractivity contribution in [3.63, 3.8) is 0 Å². The third-order valence-electron chi connectivity index (χ3n) is 4.12. The summed E-state index contributed by atoms with van der Waals surface area (Å²) in [6.07, 6.45) is 2.09. The topological polar surface area (TPSA) is 49.3 Å². The van der Waals surface area contributed by atoms with Gasteiger partial charge in [0.2, 0.25) is 0 Å². The predicted molar refractivity (Wildman–Crippen MR) is 106 cm³/mol. The van der Waals surface area contributed by atoms with Gasteiger partial charge in [0.25, 0.3) is 0 Å². The summed E-state index contributed by atoms with van der Waals surface area (Å²) in [4.78, 5) is 9.63. The van der Waals surface area contributed by atoms with E-state index in [1.807, 2.05) is 11.3 Å². The number of nitrogens with one attached hydrogen (secondary N) is 1. The zero-order valence-electron chi connectivity index (χ0n) is 15.6. The summed E-state index contributed by atoms with van der Waals surface area (Å²) in [5, 5.41) is 6.95. The second-order valence-electron chi connectivity index (χ2n) is 5.97. The van der Waals surface area contributed by atoms with Gasteiger partial charge >= 0.3 is 0 Å². The van der Waals surface area contributed by atoms with Crippen molar-refractivity contribution < 1.29 is 9.47 Å². The Morgan fingerprint density at radius 3 is 2.72 bits per heavy atom. The van der Waals surface area contributed by atoms with Gasteiger partial charge < -0.3 is 24.6 Å². The van der Waals surface area contributed by atoms with Crippen LogP contribution < -0.4 is 10.2 Å². The van der Waals surface area contributed by atoms with Crippen LogP contribution in [-0.4, -0.2) is 77.1 Å². The molecule has 6 nitrogen and oxygen atoms in total. The molecule has 0 aliphatic carbocycles. The number of guanidine groups is 1. The summed E-state index contributed by atoms with van der Waals surface area (Å²) in [7, 11) is 1.70. The molecule has 1 fully saturated rings. The first-order chi connectivity index (χ1) is 12.3. The molecule has 1 aromatic heterocycles. The first-order valence-corrected chi connectivity index (χ1v) is 10.1. The van der Waals surface area contributed by atoms with Gasteiger partial charge in [0.05, 0.1) is 18.2 Å². The molecule has 0 bridgehead atoms. The maximum Gasteiger partial charge on any atom is 0.194 e. The smallest absolute Gasteiger partial charge is 0.194 e. The molecule has 1 aliphatic rings. The molecule has 25 heavy (non-hydrogen) atoms. The molecule has 1 aromatic rings. The van der Waals surface area contributed by atoms with Gasteiger partial charge in [-0.25, -0.2) is 0 Å². The Bertz CT molecular complexity index is 473. The lowest BCUT2D eigenvalue weighted by Crippen LogP contribution is -2.52.